The maximum absolute atomic E-state index is 4.49. The van der Waals surface area contributed by atoms with Crippen molar-refractivity contribution in [2.75, 3.05) is 0 Å². The Bertz CT molecular complexity index is 30.6. The zero-order valence-electron chi connectivity index (χ0n) is 3.27. The summed E-state index contributed by atoms with van der Waals surface area (Å²) in [5.41, 5.74) is 0. The molecule has 0 bridgehead atoms. The molecule has 0 aromatic carbocycles. The standard InChI is InChI=1S/C4H7S/c1-4(2)3-5/h3-4H,1H2,2H3. The Balaban J connectivity index is 2.83. The van der Waals surface area contributed by atoms with Crippen LogP contribution in [-0.2, 0) is 0 Å². The number of hydrogen-bond donors (Lipinski definition) is 0. The highest BCUT2D eigenvalue weighted by Crippen LogP contribution is 1.80. The first-order chi connectivity index (χ1) is 2.27. The van der Waals surface area contributed by atoms with Crippen LogP contribution in [0.5, 0.6) is 0 Å². The van der Waals surface area contributed by atoms with Gasteiger partial charge in [0.25, 0.3) is 0 Å². The van der Waals surface area contributed by atoms with Crippen molar-refractivity contribution in [3.05, 3.63) is 6.92 Å². The molecule has 0 rings (SSSR count). The van der Waals surface area contributed by atoms with Gasteiger partial charge in [0.15, 0.2) is 0 Å². The number of thiocarbonyl (C=S) groups is 1. The van der Waals surface area contributed by atoms with Gasteiger partial charge in [0.05, 0.1) is 0 Å². The number of rotatable bonds is 1. The molecule has 0 aliphatic heterocycles. The highest BCUT2D eigenvalue weighted by Gasteiger charge is 1.76. The van der Waals surface area contributed by atoms with Gasteiger partial charge < -0.3 is 0 Å². The van der Waals surface area contributed by atoms with Gasteiger partial charge in [0, 0.05) is 0 Å². The minimum atomic E-state index is 0.324. The fourth-order valence-corrected chi connectivity index (χ4v) is 0. The smallest absolute Gasteiger partial charge is 0.0157 e. The Morgan fingerprint density at radius 3 is 2.20 bits per heavy atom. The Morgan fingerprint density at radius 2 is 2.20 bits per heavy atom. The van der Waals surface area contributed by atoms with Crippen molar-refractivity contribution < 1.29 is 0 Å². The van der Waals surface area contributed by atoms with E-state index in [1.807, 2.05) is 6.92 Å². The average Bonchev–Trinajstić information content (AvgIpc) is 1.38. The zero-order valence-corrected chi connectivity index (χ0v) is 4.09. The molecule has 0 saturated carbocycles. The van der Waals surface area contributed by atoms with Crippen LogP contribution in [0.4, 0.5) is 0 Å². The van der Waals surface area contributed by atoms with Gasteiger partial charge in [-0.15, -0.1) is 0 Å². The van der Waals surface area contributed by atoms with E-state index in [9.17, 15) is 0 Å². The van der Waals surface area contributed by atoms with E-state index in [-0.39, 0.29) is 0 Å². The topological polar surface area (TPSA) is 0 Å². The fourth-order valence-electron chi connectivity index (χ4n) is 0. The van der Waals surface area contributed by atoms with Gasteiger partial charge in [-0.25, -0.2) is 0 Å². The number of hydrogen-bond acceptors (Lipinski definition) is 1. The molecule has 0 aliphatic rings. The molecule has 0 aliphatic carbocycles. The summed E-state index contributed by atoms with van der Waals surface area (Å²) in [7, 11) is 0. The van der Waals surface area contributed by atoms with E-state index in [1.54, 1.807) is 5.37 Å². The Morgan fingerprint density at radius 1 is 2.00 bits per heavy atom. The van der Waals surface area contributed by atoms with Crippen LogP contribution in [0, 0.1) is 12.8 Å². The van der Waals surface area contributed by atoms with Crippen molar-refractivity contribution in [3.8, 4) is 0 Å². The van der Waals surface area contributed by atoms with E-state index in [0.29, 0.717) is 5.92 Å². The molecular weight excluding hydrogens is 80.1 g/mol. The minimum Gasteiger partial charge on any atom is -0.0932 e. The third-order valence-electron chi connectivity index (χ3n) is 0.232. The lowest BCUT2D eigenvalue weighted by Crippen LogP contribution is -1.80. The first-order valence-electron chi connectivity index (χ1n) is 1.55. The summed E-state index contributed by atoms with van der Waals surface area (Å²) in [6.45, 7) is 5.55. The Hall–Kier alpha value is 0.0900. The van der Waals surface area contributed by atoms with Crippen LogP contribution in [0.2, 0.25) is 0 Å². The second kappa shape index (κ2) is 2.33. The molecule has 1 heteroatoms. The quantitative estimate of drug-likeness (QED) is 0.436. The van der Waals surface area contributed by atoms with Crippen LogP contribution in [0.3, 0.4) is 0 Å². The van der Waals surface area contributed by atoms with Crippen molar-refractivity contribution in [2.45, 2.75) is 6.92 Å². The monoisotopic (exact) mass is 87.0 g/mol. The normalized spacial score (nSPS) is 8.60. The summed E-state index contributed by atoms with van der Waals surface area (Å²) < 4.78 is 0. The molecule has 5 heavy (non-hydrogen) atoms. The van der Waals surface area contributed by atoms with Crippen molar-refractivity contribution in [3.63, 3.8) is 0 Å². The fraction of sp³-hybridized carbons (Fsp3) is 0.500. The lowest BCUT2D eigenvalue weighted by Gasteiger charge is -1.81. The first-order valence-corrected chi connectivity index (χ1v) is 2.03. The van der Waals surface area contributed by atoms with E-state index in [1.165, 1.54) is 0 Å². The summed E-state index contributed by atoms with van der Waals surface area (Å²) in [6, 6.07) is 0. The Kier molecular flexibility index (Phi) is 2.38. The molecular formula is C4H7S. The van der Waals surface area contributed by atoms with Gasteiger partial charge >= 0.3 is 0 Å². The van der Waals surface area contributed by atoms with Crippen LogP contribution in [0.1, 0.15) is 6.92 Å². The molecule has 0 heterocycles. The SMILES string of the molecule is [CH2]C(C)C=S. The van der Waals surface area contributed by atoms with Crippen molar-refractivity contribution in [2.24, 2.45) is 5.92 Å². The summed E-state index contributed by atoms with van der Waals surface area (Å²) in [5, 5.41) is 1.64. The maximum Gasteiger partial charge on any atom is -0.0157 e. The molecule has 0 aromatic rings. The zero-order chi connectivity index (χ0) is 4.28. The maximum atomic E-state index is 4.49. The van der Waals surface area contributed by atoms with Gasteiger partial charge in [-0.2, -0.15) is 0 Å². The van der Waals surface area contributed by atoms with Crippen molar-refractivity contribution >= 4 is 17.6 Å². The van der Waals surface area contributed by atoms with Crippen LogP contribution in [0.15, 0.2) is 0 Å². The molecule has 29 valence electrons. The average molecular weight is 87.2 g/mol. The van der Waals surface area contributed by atoms with Crippen molar-refractivity contribution in [1.82, 2.24) is 0 Å². The summed E-state index contributed by atoms with van der Waals surface area (Å²) in [6.07, 6.45) is 0. The van der Waals surface area contributed by atoms with Crippen molar-refractivity contribution in [1.29, 1.82) is 0 Å². The van der Waals surface area contributed by atoms with Gasteiger partial charge in [-0.05, 0) is 18.2 Å². The summed E-state index contributed by atoms with van der Waals surface area (Å²) in [5.74, 6) is 0.324. The lowest BCUT2D eigenvalue weighted by molar-refractivity contribution is 1.04. The molecule has 1 radical (unpaired) electrons. The van der Waals surface area contributed by atoms with Crippen LogP contribution in [-0.4, -0.2) is 5.37 Å². The summed E-state index contributed by atoms with van der Waals surface area (Å²) >= 11 is 4.49. The molecule has 0 amide bonds. The van der Waals surface area contributed by atoms with Gasteiger partial charge in [-0.3, -0.25) is 0 Å². The van der Waals surface area contributed by atoms with E-state index >= 15 is 0 Å². The van der Waals surface area contributed by atoms with E-state index in [2.05, 4.69) is 19.1 Å². The third-order valence-corrected chi connectivity index (χ3v) is 0.697. The highest BCUT2D eigenvalue weighted by molar-refractivity contribution is 7.79. The van der Waals surface area contributed by atoms with E-state index in [4.69, 9.17) is 0 Å². The van der Waals surface area contributed by atoms with Crippen LogP contribution >= 0.6 is 12.2 Å². The van der Waals surface area contributed by atoms with E-state index < -0.39 is 0 Å². The largest absolute Gasteiger partial charge is 0.0932 e. The molecule has 0 aromatic heterocycles. The van der Waals surface area contributed by atoms with Gasteiger partial charge in [0.1, 0.15) is 0 Å². The van der Waals surface area contributed by atoms with Gasteiger partial charge in [0.2, 0.25) is 0 Å². The van der Waals surface area contributed by atoms with Crippen LogP contribution < -0.4 is 0 Å². The predicted octanol–water partition coefficient (Wildman–Crippen LogP) is 1.46. The second-order valence-corrected chi connectivity index (χ2v) is 1.39. The molecule has 1 atom stereocenters. The second-order valence-electron chi connectivity index (χ2n) is 1.11. The highest BCUT2D eigenvalue weighted by atomic mass is 32.1. The molecule has 0 spiro atoms. The molecule has 1 unspecified atom stereocenters. The third kappa shape index (κ3) is 4.09. The molecule has 0 fully saturated rings. The van der Waals surface area contributed by atoms with Gasteiger partial charge in [-0.1, -0.05) is 19.1 Å². The molecule has 0 nitrogen and oxygen atoms in total. The lowest BCUT2D eigenvalue weighted by atomic mass is 10.3. The molecule has 0 saturated heterocycles. The first kappa shape index (κ1) is 5.09. The summed E-state index contributed by atoms with van der Waals surface area (Å²) in [4.78, 5) is 0. The molecule has 0 N–H and O–H groups in total. The Labute approximate surface area is 38.2 Å². The predicted molar refractivity (Wildman–Crippen MR) is 28.2 cm³/mol. The van der Waals surface area contributed by atoms with E-state index in [0.717, 1.165) is 0 Å². The minimum absolute atomic E-state index is 0.324. The van der Waals surface area contributed by atoms with Crippen LogP contribution in [0.25, 0.3) is 0 Å².